The minimum Gasteiger partial charge on any atom is -0.497 e. The number of nitrogens with zero attached hydrogens (tertiary/aromatic N) is 4. The number of ether oxygens (including phenoxy) is 7. The van der Waals surface area contributed by atoms with Gasteiger partial charge in [-0.3, -0.25) is 9.59 Å². The van der Waals surface area contributed by atoms with Crippen LogP contribution in [0.4, 0.5) is 0 Å². The van der Waals surface area contributed by atoms with E-state index in [1.165, 1.54) is 21.1 Å². The standard InChI is InChI=1S/C49H80N4O13/c1-15-38-49(10,59)42(56)31(6)40(54)27(2)23-48(9,62-14)44(29(4)39(30(5)45(58)65-38)37-24-47(8,61-13)43(57)32(7)64-37)66-46-41(55)36(22-28(3)63-46)52(11)21-20-34-26-53(51-50-34)25-33-16-18-35(60-12)19-17-33/h16-19,26-32,36-39,41-44,46,55-57,59H,15,20-25H2,1-14H3/t27-,28-,29+,30-,31+,32+,36+,37-,38-,39?,41-,42-,43+,44-,46+,47-,48-,49-/m1/s1. The van der Waals surface area contributed by atoms with Gasteiger partial charge in [-0.05, 0) is 84.5 Å². The lowest BCUT2D eigenvalue weighted by Gasteiger charge is -2.52. The summed E-state index contributed by atoms with van der Waals surface area (Å²) in [5.74, 6) is -4.20. The summed E-state index contributed by atoms with van der Waals surface area (Å²) >= 11 is 0. The average molecular weight is 933 g/mol. The van der Waals surface area contributed by atoms with Gasteiger partial charge in [0, 0.05) is 63.6 Å². The molecule has 3 saturated heterocycles. The minimum absolute atomic E-state index is 0.108. The summed E-state index contributed by atoms with van der Waals surface area (Å²) in [7, 11) is 6.65. The van der Waals surface area contributed by atoms with Crippen molar-refractivity contribution in [2.45, 2.75) is 186 Å². The van der Waals surface area contributed by atoms with Crippen LogP contribution in [0.25, 0.3) is 0 Å². The van der Waals surface area contributed by atoms with Gasteiger partial charge >= 0.3 is 5.97 Å². The van der Waals surface area contributed by atoms with Crippen molar-refractivity contribution in [1.29, 1.82) is 0 Å². The Hall–Kier alpha value is -3.10. The summed E-state index contributed by atoms with van der Waals surface area (Å²) < 4.78 is 45.7. The monoisotopic (exact) mass is 933 g/mol. The van der Waals surface area contributed by atoms with Crippen molar-refractivity contribution in [1.82, 2.24) is 19.9 Å². The molecule has 4 N–H and O–H groups in total. The second kappa shape index (κ2) is 22.1. The fourth-order valence-electron chi connectivity index (χ4n) is 11.0. The molecule has 0 amide bonds. The lowest BCUT2D eigenvalue weighted by atomic mass is 9.67. The van der Waals surface area contributed by atoms with E-state index >= 15 is 0 Å². The number of carbonyl (C=O) groups is 2. The van der Waals surface area contributed by atoms with Crippen LogP contribution >= 0.6 is 0 Å². The Kier molecular flexibility index (Phi) is 18.0. The Labute approximate surface area is 391 Å². The lowest BCUT2D eigenvalue weighted by Crippen LogP contribution is -2.62. The molecule has 17 heteroatoms. The number of hydrogen-bond donors (Lipinski definition) is 4. The normalized spacial score (nSPS) is 41.0. The van der Waals surface area contributed by atoms with Crippen LogP contribution in [-0.4, -0.2) is 165 Å². The number of aliphatic hydroxyl groups excluding tert-OH is 3. The number of benzene rings is 1. The van der Waals surface area contributed by atoms with E-state index in [2.05, 4.69) is 15.2 Å². The zero-order chi connectivity index (χ0) is 49.1. The summed E-state index contributed by atoms with van der Waals surface area (Å²) in [6.45, 7) is 18.6. The molecule has 1 aromatic heterocycles. The number of cyclic esters (lactones) is 1. The topological polar surface area (TPSA) is 214 Å². The van der Waals surface area contributed by atoms with E-state index in [-0.39, 0.29) is 31.1 Å². The van der Waals surface area contributed by atoms with E-state index in [1.807, 2.05) is 65.2 Å². The van der Waals surface area contributed by atoms with Gasteiger partial charge in [-0.2, -0.15) is 0 Å². The molecule has 3 fully saturated rings. The van der Waals surface area contributed by atoms with Crippen molar-refractivity contribution in [3.8, 4) is 5.75 Å². The summed E-state index contributed by atoms with van der Waals surface area (Å²) in [6.07, 6.45) is -5.24. The van der Waals surface area contributed by atoms with E-state index in [0.717, 1.165) is 17.0 Å². The Bertz CT molecular complexity index is 1880. The van der Waals surface area contributed by atoms with Crippen molar-refractivity contribution < 1.29 is 63.2 Å². The van der Waals surface area contributed by atoms with Crippen molar-refractivity contribution >= 4 is 11.8 Å². The maximum Gasteiger partial charge on any atom is 0.309 e. The third-order valence-electron chi connectivity index (χ3n) is 15.3. The quantitative estimate of drug-likeness (QED) is 0.209. The van der Waals surface area contributed by atoms with Gasteiger partial charge in [0.1, 0.15) is 35.4 Å². The van der Waals surface area contributed by atoms with Gasteiger partial charge in [0.25, 0.3) is 0 Å². The number of carbonyl (C=O) groups excluding carboxylic acids is 2. The van der Waals surface area contributed by atoms with E-state index in [9.17, 15) is 30.0 Å². The molecule has 0 bridgehead atoms. The molecule has 1 unspecified atom stereocenters. The Balaban J connectivity index is 1.49. The van der Waals surface area contributed by atoms with Crippen LogP contribution in [0, 0.1) is 29.6 Å². The molecule has 3 aliphatic heterocycles. The number of esters is 1. The van der Waals surface area contributed by atoms with Crippen molar-refractivity contribution in [3.63, 3.8) is 0 Å². The van der Waals surface area contributed by atoms with E-state index in [1.54, 1.807) is 46.4 Å². The first-order valence-electron chi connectivity index (χ1n) is 23.7. The molecule has 5 rings (SSSR count). The molecular formula is C49H80N4O13. The van der Waals surface area contributed by atoms with Crippen LogP contribution in [-0.2, 0) is 51.0 Å². The Morgan fingerprint density at radius 1 is 0.894 bits per heavy atom. The molecule has 0 aliphatic carbocycles. The molecule has 17 nitrogen and oxygen atoms in total. The highest BCUT2D eigenvalue weighted by Crippen LogP contribution is 2.46. The first kappa shape index (κ1) is 53.8. The van der Waals surface area contributed by atoms with Crippen LogP contribution in [0.1, 0.15) is 106 Å². The summed E-state index contributed by atoms with van der Waals surface area (Å²) in [4.78, 5) is 30.9. The van der Waals surface area contributed by atoms with Gasteiger partial charge in [0.2, 0.25) is 0 Å². The van der Waals surface area contributed by atoms with Crippen LogP contribution in [0.15, 0.2) is 30.5 Å². The second-order valence-corrected chi connectivity index (χ2v) is 20.2. The maximum absolute atomic E-state index is 14.6. The molecule has 4 heterocycles. The van der Waals surface area contributed by atoms with Crippen molar-refractivity contribution in [2.75, 3.05) is 34.9 Å². The smallest absolute Gasteiger partial charge is 0.309 e. The van der Waals surface area contributed by atoms with Crippen LogP contribution < -0.4 is 4.74 Å². The molecular weight excluding hydrogens is 853 g/mol. The highest BCUT2D eigenvalue weighted by Gasteiger charge is 2.56. The molecule has 374 valence electrons. The molecule has 3 aliphatic rings. The summed E-state index contributed by atoms with van der Waals surface area (Å²) in [6, 6.07) is 7.40. The number of ketones is 1. The van der Waals surface area contributed by atoms with Gasteiger partial charge < -0.3 is 58.5 Å². The summed E-state index contributed by atoms with van der Waals surface area (Å²) in [5.41, 5.74) is -2.43. The molecule has 66 heavy (non-hydrogen) atoms. The van der Waals surface area contributed by atoms with Crippen molar-refractivity contribution in [2.24, 2.45) is 29.6 Å². The third kappa shape index (κ3) is 11.7. The number of aromatic nitrogens is 3. The van der Waals surface area contributed by atoms with Gasteiger partial charge in [0.15, 0.2) is 6.29 Å². The number of likely N-dealkylation sites (N-methyl/N-ethyl adjacent to an activating group) is 1. The molecule has 18 atom stereocenters. The molecule has 1 aromatic carbocycles. The van der Waals surface area contributed by atoms with Crippen LogP contribution in [0.3, 0.4) is 0 Å². The highest BCUT2D eigenvalue weighted by atomic mass is 16.7. The number of rotatable bonds is 13. The van der Waals surface area contributed by atoms with Gasteiger partial charge in [-0.25, -0.2) is 4.68 Å². The zero-order valence-electron chi connectivity index (χ0n) is 41.7. The van der Waals surface area contributed by atoms with Gasteiger partial charge in [-0.15, -0.1) is 5.10 Å². The largest absolute Gasteiger partial charge is 0.497 e. The van der Waals surface area contributed by atoms with Crippen LogP contribution in [0.2, 0.25) is 0 Å². The highest BCUT2D eigenvalue weighted by molar-refractivity contribution is 5.83. The van der Waals surface area contributed by atoms with E-state index in [4.69, 9.17) is 33.2 Å². The predicted octanol–water partition coefficient (Wildman–Crippen LogP) is 3.97. The Morgan fingerprint density at radius 2 is 1.55 bits per heavy atom. The predicted molar refractivity (Wildman–Crippen MR) is 244 cm³/mol. The number of hydrogen-bond acceptors (Lipinski definition) is 16. The molecule has 0 spiro atoms. The van der Waals surface area contributed by atoms with Gasteiger partial charge in [-0.1, -0.05) is 52.0 Å². The van der Waals surface area contributed by atoms with E-state index < -0.39 is 107 Å². The lowest BCUT2D eigenvalue weighted by molar-refractivity contribution is -0.305. The van der Waals surface area contributed by atoms with Crippen molar-refractivity contribution in [3.05, 3.63) is 41.7 Å². The maximum atomic E-state index is 14.6. The number of methoxy groups -OCH3 is 3. The number of Topliss-reactive ketones (excluding diaryl/α,β-unsaturated/α-hetero) is 1. The molecule has 0 radical (unpaired) electrons. The zero-order valence-corrected chi connectivity index (χ0v) is 41.7. The number of aliphatic hydroxyl groups is 4. The van der Waals surface area contributed by atoms with Crippen LogP contribution in [0.5, 0.6) is 5.75 Å². The van der Waals surface area contributed by atoms with E-state index in [0.29, 0.717) is 25.9 Å². The molecule has 0 saturated carbocycles. The molecule has 2 aromatic rings. The second-order valence-electron chi connectivity index (χ2n) is 20.2. The SMILES string of the molecule is CC[C@H]1OC(=O)[C@H](C)C([C@H]2C[C@@](C)(OC)[C@@H](O)[C@H](C)O2)[C@H](C)[C@@H](O[C@@H]2O[C@H](C)C[C@H](N(C)CCc3cn(Cc4ccc(OC)cc4)nn3)[C@H]2O)[C@](C)(OC)C[C@@H](C)C(=O)[C@H](C)[C@@H](O)[C@]1(C)O. The summed E-state index contributed by atoms with van der Waals surface area (Å²) in [5, 5.41) is 55.7. The van der Waals surface area contributed by atoms with Gasteiger partial charge in [0.05, 0.1) is 67.0 Å². The average Bonchev–Trinajstić information content (AvgIpc) is 3.74. The fraction of sp³-hybridized carbons (Fsp3) is 0.796. The Morgan fingerprint density at radius 3 is 2.15 bits per heavy atom. The third-order valence-corrected chi connectivity index (χ3v) is 15.3. The fourth-order valence-corrected chi connectivity index (χ4v) is 11.0. The minimum atomic E-state index is -1.97. The first-order chi connectivity index (χ1) is 30.9. The first-order valence-corrected chi connectivity index (χ1v) is 23.7.